The molecular weight excluding hydrogens is 378 g/mol. The van der Waals surface area contributed by atoms with Gasteiger partial charge in [-0.05, 0) is 79.2 Å². The Balaban J connectivity index is 1.39. The van der Waals surface area contributed by atoms with E-state index < -0.39 is 16.1 Å². The van der Waals surface area contributed by atoms with Gasteiger partial charge in [-0.25, -0.2) is 9.52 Å². The zero-order chi connectivity index (χ0) is 19.3. The number of amides is 2. The lowest BCUT2D eigenvalue weighted by atomic mass is 9.99. The van der Waals surface area contributed by atoms with E-state index >= 15 is 0 Å². The predicted octanol–water partition coefficient (Wildman–Crippen LogP) is 2.59. The number of sulfonamides is 1. The summed E-state index contributed by atoms with van der Waals surface area (Å²) in [7, 11) is -4.07. The van der Waals surface area contributed by atoms with Gasteiger partial charge < -0.3 is 10.1 Å². The van der Waals surface area contributed by atoms with Crippen LogP contribution >= 0.6 is 0 Å². The van der Waals surface area contributed by atoms with Crippen molar-refractivity contribution in [1.29, 1.82) is 0 Å². The third-order valence-corrected chi connectivity index (χ3v) is 7.27. The Morgan fingerprint density at radius 3 is 2.43 bits per heavy atom. The number of hydrogen-bond acceptors (Lipinski definition) is 5. The molecule has 1 aromatic carbocycles. The van der Waals surface area contributed by atoms with Crippen LogP contribution in [0.3, 0.4) is 0 Å². The number of carbonyl (C=O) groups is 1. The van der Waals surface area contributed by atoms with Crippen LogP contribution in [0.25, 0.3) is 0 Å². The largest absolute Gasteiger partial charge is 0.490 e. The van der Waals surface area contributed by atoms with Gasteiger partial charge in [0.15, 0.2) is 5.76 Å². The topological polar surface area (TPSA) is 96.9 Å². The number of nitrogens with zero attached hydrogens (tertiary/aromatic N) is 1. The number of aliphatic imine (C=N–C) groups is 1. The molecule has 0 saturated carbocycles. The summed E-state index contributed by atoms with van der Waals surface area (Å²) in [5, 5.41) is 2.70. The van der Waals surface area contributed by atoms with Crippen molar-refractivity contribution in [2.45, 2.75) is 51.4 Å². The van der Waals surface area contributed by atoms with Crippen LogP contribution in [0.1, 0.15) is 47.9 Å². The summed E-state index contributed by atoms with van der Waals surface area (Å²) in [5.74, 6) is 0.327. The molecule has 2 aliphatic heterocycles. The molecule has 5 rings (SSSR count). The van der Waals surface area contributed by atoms with Crippen molar-refractivity contribution in [3.63, 3.8) is 0 Å². The van der Waals surface area contributed by atoms with E-state index in [1.165, 1.54) is 11.1 Å². The van der Waals surface area contributed by atoms with Crippen molar-refractivity contribution in [2.24, 2.45) is 4.99 Å². The van der Waals surface area contributed by atoms with Crippen molar-refractivity contribution in [2.75, 3.05) is 18.5 Å². The maximum Gasteiger partial charge on any atom is 0.333 e. The Hall–Kier alpha value is -2.35. The number of aryl methyl sites for hydroxylation is 2. The number of anilines is 1. The van der Waals surface area contributed by atoms with Gasteiger partial charge in [0, 0.05) is 5.69 Å². The SMILES string of the molecule is O=C(Nc1c2c(cc3c1CCC3)CCC2)NS(=O)(=O)C1=NCC2=C1OCCC2. The number of nitrogens with one attached hydrogen (secondary N) is 2. The van der Waals surface area contributed by atoms with Gasteiger partial charge in [-0.3, -0.25) is 4.99 Å². The quantitative estimate of drug-likeness (QED) is 0.756. The standard InChI is InChI=1S/C20H23N3O4S/c24-20(23-28(25,26)19-18-14(11-21-19)6-3-9-27-18)22-17-15-7-1-4-12(15)10-13-5-2-8-16(13)17/h10H,1-9,11H2,(H2,22,23,24). The number of carbonyl (C=O) groups excluding carboxylic acids is 1. The zero-order valence-electron chi connectivity index (χ0n) is 15.6. The molecule has 4 aliphatic rings. The molecule has 1 aromatic rings. The number of rotatable bonds is 1. The fourth-order valence-electron chi connectivity index (χ4n) is 4.76. The summed E-state index contributed by atoms with van der Waals surface area (Å²) in [6.07, 6.45) is 7.65. The Kier molecular flexibility index (Phi) is 4.19. The van der Waals surface area contributed by atoms with E-state index in [-0.39, 0.29) is 5.04 Å². The third kappa shape index (κ3) is 2.90. The highest BCUT2D eigenvalue weighted by atomic mass is 32.2. The molecule has 28 heavy (non-hydrogen) atoms. The Labute approximate surface area is 164 Å². The molecule has 8 heteroatoms. The lowest BCUT2D eigenvalue weighted by Crippen LogP contribution is -2.39. The van der Waals surface area contributed by atoms with E-state index in [2.05, 4.69) is 21.1 Å². The van der Waals surface area contributed by atoms with Gasteiger partial charge >= 0.3 is 6.03 Å². The van der Waals surface area contributed by atoms with Crippen LogP contribution < -0.4 is 10.0 Å². The van der Waals surface area contributed by atoms with Crippen molar-refractivity contribution in [3.8, 4) is 0 Å². The van der Waals surface area contributed by atoms with Crippen LogP contribution in [0.15, 0.2) is 22.4 Å². The lowest BCUT2D eigenvalue weighted by molar-refractivity contribution is 0.209. The van der Waals surface area contributed by atoms with Crippen molar-refractivity contribution >= 4 is 26.8 Å². The Morgan fingerprint density at radius 1 is 1.00 bits per heavy atom. The van der Waals surface area contributed by atoms with E-state index in [4.69, 9.17) is 4.74 Å². The van der Waals surface area contributed by atoms with Gasteiger partial charge in [-0.1, -0.05) is 6.07 Å². The van der Waals surface area contributed by atoms with Crippen LogP contribution in [0, 0.1) is 0 Å². The summed E-state index contributed by atoms with van der Waals surface area (Å²) in [6.45, 7) is 0.800. The van der Waals surface area contributed by atoms with E-state index in [0.717, 1.165) is 73.8 Å². The molecule has 0 spiro atoms. The number of fused-ring (bicyclic) bond motifs is 2. The molecule has 2 heterocycles. The van der Waals surface area contributed by atoms with Crippen molar-refractivity contribution < 1.29 is 17.9 Å². The zero-order valence-corrected chi connectivity index (χ0v) is 16.5. The Morgan fingerprint density at radius 2 is 1.71 bits per heavy atom. The molecule has 0 atom stereocenters. The lowest BCUT2D eigenvalue weighted by Gasteiger charge is -2.18. The van der Waals surface area contributed by atoms with E-state index in [1.54, 1.807) is 0 Å². The molecule has 2 aliphatic carbocycles. The number of hydrogen-bond donors (Lipinski definition) is 2. The third-order valence-electron chi connectivity index (χ3n) is 5.99. The minimum Gasteiger partial charge on any atom is -0.490 e. The summed E-state index contributed by atoms with van der Waals surface area (Å²) in [4.78, 5) is 16.7. The maximum absolute atomic E-state index is 12.7. The fraction of sp³-hybridized carbons (Fsp3) is 0.500. The van der Waals surface area contributed by atoms with Crippen molar-refractivity contribution in [1.82, 2.24) is 4.72 Å². The summed E-state index contributed by atoms with van der Waals surface area (Å²) < 4.78 is 33.1. The van der Waals surface area contributed by atoms with Gasteiger partial charge in [0.2, 0.25) is 5.04 Å². The summed E-state index contributed by atoms with van der Waals surface area (Å²) in [5.41, 5.74) is 6.59. The second-order valence-electron chi connectivity index (χ2n) is 7.80. The van der Waals surface area contributed by atoms with Crippen LogP contribution in [0.5, 0.6) is 0 Å². The smallest absolute Gasteiger partial charge is 0.333 e. The number of ether oxygens (including phenoxy) is 1. The molecule has 7 nitrogen and oxygen atoms in total. The van der Waals surface area contributed by atoms with E-state index in [1.807, 2.05) is 0 Å². The monoisotopic (exact) mass is 401 g/mol. The molecule has 148 valence electrons. The Bertz CT molecular complexity index is 1010. The highest BCUT2D eigenvalue weighted by Gasteiger charge is 2.35. The number of benzene rings is 1. The minimum atomic E-state index is -4.07. The first-order chi connectivity index (χ1) is 13.5. The highest BCUT2D eigenvalue weighted by Crippen LogP contribution is 2.38. The number of urea groups is 1. The second kappa shape index (κ2) is 6.62. The first-order valence-corrected chi connectivity index (χ1v) is 11.4. The average Bonchev–Trinajstić information content (AvgIpc) is 3.39. The van der Waals surface area contributed by atoms with Crippen LogP contribution in [0.4, 0.5) is 10.5 Å². The molecule has 2 amide bonds. The first-order valence-electron chi connectivity index (χ1n) is 9.93. The van der Waals surface area contributed by atoms with Crippen LogP contribution in [-0.4, -0.2) is 32.6 Å². The van der Waals surface area contributed by atoms with E-state index in [9.17, 15) is 13.2 Å². The molecule has 0 unspecified atom stereocenters. The molecule has 0 saturated heterocycles. The molecule has 2 N–H and O–H groups in total. The molecule has 0 aromatic heterocycles. The average molecular weight is 401 g/mol. The van der Waals surface area contributed by atoms with Gasteiger partial charge in [0.1, 0.15) is 0 Å². The molecule has 0 radical (unpaired) electrons. The second-order valence-corrected chi connectivity index (χ2v) is 9.40. The highest BCUT2D eigenvalue weighted by molar-refractivity contribution is 8.05. The van der Waals surface area contributed by atoms with Gasteiger partial charge in [-0.15, -0.1) is 0 Å². The van der Waals surface area contributed by atoms with E-state index in [0.29, 0.717) is 18.9 Å². The van der Waals surface area contributed by atoms with Crippen molar-refractivity contribution in [3.05, 3.63) is 39.7 Å². The fourth-order valence-corrected chi connectivity index (χ4v) is 5.84. The minimum absolute atomic E-state index is 0.152. The van der Waals surface area contributed by atoms with Gasteiger partial charge in [0.25, 0.3) is 10.0 Å². The predicted molar refractivity (Wildman–Crippen MR) is 106 cm³/mol. The normalized spacial score (nSPS) is 20.2. The van der Waals surface area contributed by atoms with Gasteiger partial charge in [0.05, 0.1) is 13.2 Å². The molecule has 0 bridgehead atoms. The van der Waals surface area contributed by atoms with Crippen LogP contribution in [0.2, 0.25) is 0 Å². The summed E-state index contributed by atoms with van der Waals surface area (Å²) in [6, 6.07) is 1.54. The van der Waals surface area contributed by atoms with Gasteiger partial charge in [-0.2, -0.15) is 8.42 Å². The first kappa shape index (κ1) is 17.7. The maximum atomic E-state index is 12.7. The molecule has 0 fully saturated rings. The molecular formula is C20H23N3O4S. The van der Waals surface area contributed by atoms with Crippen LogP contribution in [-0.2, 0) is 40.4 Å². The summed E-state index contributed by atoms with van der Waals surface area (Å²) >= 11 is 0.